The molecule has 0 saturated heterocycles. The Labute approximate surface area is 151 Å². The lowest BCUT2D eigenvalue weighted by Crippen LogP contribution is -2.25. The summed E-state index contributed by atoms with van der Waals surface area (Å²) in [4.78, 5) is 20.8. The third kappa shape index (κ3) is 4.64. The van der Waals surface area contributed by atoms with E-state index >= 15 is 0 Å². The van der Waals surface area contributed by atoms with Crippen LogP contribution in [0, 0.1) is 5.82 Å². The molecule has 136 valence electrons. The van der Waals surface area contributed by atoms with Crippen molar-refractivity contribution in [2.45, 2.75) is 19.5 Å². The van der Waals surface area contributed by atoms with Gasteiger partial charge in [-0.1, -0.05) is 12.1 Å². The Balaban J connectivity index is 1.53. The topological polar surface area (TPSA) is 72.8 Å². The third-order valence-electron chi connectivity index (χ3n) is 3.94. The van der Waals surface area contributed by atoms with Gasteiger partial charge in [0, 0.05) is 19.9 Å². The van der Waals surface area contributed by atoms with Crippen LogP contribution >= 0.6 is 0 Å². The highest BCUT2D eigenvalue weighted by Gasteiger charge is 2.19. The van der Waals surface area contributed by atoms with E-state index in [1.165, 1.54) is 12.1 Å². The molecule has 0 spiro atoms. The Morgan fingerprint density at radius 1 is 1.27 bits per heavy atom. The molecule has 1 aromatic heterocycles. The minimum absolute atomic E-state index is 0.141. The van der Waals surface area contributed by atoms with Crippen molar-refractivity contribution in [3.63, 3.8) is 0 Å². The van der Waals surface area contributed by atoms with Crippen LogP contribution in [0.3, 0.4) is 0 Å². The molecule has 0 atom stereocenters. The summed E-state index contributed by atoms with van der Waals surface area (Å²) in [7, 11) is 1.61. The maximum absolute atomic E-state index is 12.9. The standard InChI is InChI=1S/C19H20FN3O3/c1-25-6-7-26-19-17-12-21-16(8-14(17)11-23-19)9-18(24)22-10-13-2-4-15(20)5-3-13/h2-5,8,12H,6-7,9-11H2,1H3,(H,22,24). The number of carbonyl (C=O) groups excluding carboxylic acids is 1. The van der Waals surface area contributed by atoms with Gasteiger partial charge >= 0.3 is 0 Å². The first-order valence-corrected chi connectivity index (χ1v) is 8.31. The third-order valence-corrected chi connectivity index (χ3v) is 3.94. The van der Waals surface area contributed by atoms with Crippen LogP contribution in [-0.4, -0.2) is 37.1 Å². The molecule has 7 heteroatoms. The van der Waals surface area contributed by atoms with Crippen LogP contribution in [0.1, 0.15) is 22.4 Å². The summed E-state index contributed by atoms with van der Waals surface area (Å²) in [6.07, 6.45) is 1.87. The van der Waals surface area contributed by atoms with E-state index in [1.807, 2.05) is 6.07 Å². The second kappa shape index (κ2) is 8.53. The monoisotopic (exact) mass is 357 g/mol. The summed E-state index contributed by atoms with van der Waals surface area (Å²) in [5, 5.41) is 2.81. The van der Waals surface area contributed by atoms with Gasteiger partial charge in [-0.2, -0.15) is 0 Å². The van der Waals surface area contributed by atoms with E-state index in [9.17, 15) is 9.18 Å². The van der Waals surface area contributed by atoms with Gasteiger partial charge in [0.25, 0.3) is 0 Å². The number of ether oxygens (including phenoxy) is 2. The fraction of sp³-hybridized carbons (Fsp3) is 0.316. The number of benzene rings is 1. The van der Waals surface area contributed by atoms with Gasteiger partial charge in [-0.3, -0.25) is 9.78 Å². The lowest BCUT2D eigenvalue weighted by molar-refractivity contribution is -0.120. The molecule has 0 fully saturated rings. The smallest absolute Gasteiger partial charge is 0.226 e. The minimum atomic E-state index is -0.296. The average Bonchev–Trinajstić information content (AvgIpc) is 3.04. The van der Waals surface area contributed by atoms with Crippen LogP contribution in [0.5, 0.6) is 0 Å². The second-order valence-electron chi connectivity index (χ2n) is 5.88. The van der Waals surface area contributed by atoms with Crippen LogP contribution in [0.4, 0.5) is 4.39 Å². The molecule has 2 aromatic rings. The number of hydrogen-bond acceptors (Lipinski definition) is 5. The first-order valence-electron chi connectivity index (χ1n) is 8.31. The van der Waals surface area contributed by atoms with E-state index in [1.54, 1.807) is 25.4 Å². The number of fused-ring (bicyclic) bond motifs is 1. The highest BCUT2D eigenvalue weighted by atomic mass is 19.1. The number of rotatable bonds is 7. The van der Waals surface area contributed by atoms with Crippen LogP contribution in [0.15, 0.2) is 41.5 Å². The highest BCUT2D eigenvalue weighted by Crippen LogP contribution is 2.19. The molecule has 1 aliphatic heterocycles. The number of aromatic nitrogens is 1. The predicted molar refractivity (Wildman–Crippen MR) is 94.3 cm³/mol. The van der Waals surface area contributed by atoms with E-state index in [-0.39, 0.29) is 18.1 Å². The lowest BCUT2D eigenvalue weighted by atomic mass is 10.1. The number of hydrogen-bond donors (Lipinski definition) is 1. The largest absolute Gasteiger partial charge is 0.475 e. The number of amides is 1. The molecule has 1 aliphatic rings. The minimum Gasteiger partial charge on any atom is -0.475 e. The van der Waals surface area contributed by atoms with E-state index in [0.717, 1.165) is 16.7 Å². The van der Waals surface area contributed by atoms with Crippen LogP contribution in [0.25, 0.3) is 0 Å². The number of aliphatic imine (C=N–C) groups is 1. The normalized spacial score (nSPS) is 12.5. The molecule has 0 radical (unpaired) electrons. The summed E-state index contributed by atoms with van der Waals surface area (Å²) >= 11 is 0. The quantitative estimate of drug-likeness (QED) is 0.770. The molecule has 0 bridgehead atoms. The summed E-state index contributed by atoms with van der Waals surface area (Å²) in [6, 6.07) is 7.91. The molecule has 0 saturated carbocycles. The highest BCUT2D eigenvalue weighted by molar-refractivity contribution is 5.97. The van der Waals surface area contributed by atoms with Gasteiger partial charge in [-0.15, -0.1) is 0 Å². The van der Waals surface area contributed by atoms with Crippen molar-refractivity contribution in [2.75, 3.05) is 20.3 Å². The zero-order valence-corrected chi connectivity index (χ0v) is 14.5. The molecule has 3 rings (SSSR count). The predicted octanol–water partition coefficient (Wildman–Crippen LogP) is 2.00. The van der Waals surface area contributed by atoms with Crippen molar-refractivity contribution >= 4 is 11.8 Å². The molecule has 26 heavy (non-hydrogen) atoms. The van der Waals surface area contributed by atoms with Crippen LogP contribution in [-0.2, 0) is 33.8 Å². The van der Waals surface area contributed by atoms with E-state index in [4.69, 9.17) is 9.47 Å². The van der Waals surface area contributed by atoms with Crippen molar-refractivity contribution in [2.24, 2.45) is 4.99 Å². The van der Waals surface area contributed by atoms with Gasteiger partial charge in [-0.05, 0) is 29.3 Å². The Morgan fingerprint density at radius 3 is 2.85 bits per heavy atom. The van der Waals surface area contributed by atoms with Gasteiger partial charge < -0.3 is 14.8 Å². The molecule has 2 heterocycles. The van der Waals surface area contributed by atoms with E-state index < -0.39 is 0 Å². The number of pyridine rings is 1. The van der Waals surface area contributed by atoms with Crippen molar-refractivity contribution in [3.8, 4) is 0 Å². The maximum atomic E-state index is 12.9. The average molecular weight is 357 g/mol. The molecule has 1 N–H and O–H groups in total. The van der Waals surface area contributed by atoms with Gasteiger partial charge in [0.2, 0.25) is 11.8 Å². The van der Waals surface area contributed by atoms with Gasteiger partial charge in [0.15, 0.2) is 0 Å². The van der Waals surface area contributed by atoms with Crippen molar-refractivity contribution in [1.29, 1.82) is 0 Å². The molecular weight excluding hydrogens is 337 g/mol. The maximum Gasteiger partial charge on any atom is 0.226 e. The zero-order chi connectivity index (χ0) is 18.4. The lowest BCUT2D eigenvalue weighted by Gasteiger charge is -2.08. The molecule has 0 aliphatic carbocycles. The second-order valence-corrected chi connectivity index (χ2v) is 5.88. The van der Waals surface area contributed by atoms with Crippen molar-refractivity contribution in [3.05, 3.63) is 64.7 Å². The van der Waals surface area contributed by atoms with Gasteiger partial charge in [-0.25, -0.2) is 9.38 Å². The molecule has 1 amide bonds. The summed E-state index contributed by atoms with van der Waals surface area (Å²) in [5.74, 6) is 0.129. The summed E-state index contributed by atoms with van der Waals surface area (Å²) in [5.41, 5.74) is 3.37. The number of carbonyl (C=O) groups is 1. The number of nitrogens with zero attached hydrogens (tertiary/aromatic N) is 2. The van der Waals surface area contributed by atoms with E-state index in [0.29, 0.717) is 37.9 Å². The van der Waals surface area contributed by atoms with Crippen molar-refractivity contribution in [1.82, 2.24) is 10.3 Å². The summed E-state index contributed by atoms with van der Waals surface area (Å²) in [6.45, 7) is 1.80. The van der Waals surface area contributed by atoms with Gasteiger partial charge in [0.05, 0.1) is 30.8 Å². The molecule has 6 nitrogen and oxygen atoms in total. The first kappa shape index (κ1) is 18.0. The molecule has 0 unspecified atom stereocenters. The summed E-state index contributed by atoms with van der Waals surface area (Å²) < 4.78 is 23.4. The van der Waals surface area contributed by atoms with Crippen LogP contribution in [0.2, 0.25) is 0 Å². The van der Waals surface area contributed by atoms with Crippen LogP contribution < -0.4 is 5.32 Å². The van der Waals surface area contributed by atoms with Crippen molar-refractivity contribution < 1.29 is 18.7 Å². The molecule has 1 aromatic carbocycles. The zero-order valence-electron chi connectivity index (χ0n) is 14.5. The molecular formula is C19H20FN3O3. The fourth-order valence-corrected chi connectivity index (χ4v) is 2.58. The Hall–Kier alpha value is -2.80. The van der Waals surface area contributed by atoms with Gasteiger partial charge in [0.1, 0.15) is 12.4 Å². The fourth-order valence-electron chi connectivity index (χ4n) is 2.58. The Kier molecular flexibility index (Phi) is 5.91. The number of methoxy groups -OCH3 is 1. The SMILES string of the molecule is COCCOC1=NCc2cc(CC(=O)NCc3ccc(F)cc3)ncc21. The number of halogens is 1. The number of nitrogens with one attached hydrogen (secondary N) is 1. The van der Waals surface area contributed by atoms with E-state index in [2.05, 4.69) is 15.3 Å². The Morgan fingerprint density at radius 2 is 2.08 bits per heavy atom. The Bertz CT molecular complexity index is 806. The first-order chi connectivity index (χ1) is 12.7.